The lowest BCUT2D eigenvalue weighted by Gasteiger charge is -2.52. The van der Waals surface area contributed by atoms with E-state index in [1.54, 1.807) is 91.0 Å². The Kier molecular flexibility index (Phi) is 24.7. The molecule has 3 aliphatic heterocycles. The van der Waals surface area contributed by atoms with Gasteiger partial charge in [-0.05, 0) is 70.2 Å². The molecule has 15 atom stereocenters. The number of hydrogen-bond donors (Lipinski definition) is 11. The van der Waals surface area contributed by atoms with Gasteiger partial charge >= 0.3 is 17.8 Å². The molecular formula is C76H82F6O16. The first kappa shape index (κ1) is 74.9. The second-order valence-corrected chi connectivity index (χ2v) is 24.7. The van der Waals surface area contributed by atoms with E-state index in [9.17, 15) is 51.1 Å². The lowest BCUT2D eigenvalue weighted by Crippen LogP contribution is -2.70. The minimum atomic E-state index is -4.16. The van der Waals surface area contributed by atoms with E-state index in [0.29, 0.717) is 12.0 Å². The van der Waals surface area contributed by atoms with E-state index in [1.165, 1.54) is 30.3 Å². The molecule has 16 nitrogen and oxygen atoms in total. The van der Waals surface area contributed by atoms with E-state index in [4.69, 9.17) is 28.8 Å². The zero-order chi connectivity index (χ0) is 70.6. The topological polar surface area (TPSA) is 269 Å². The molecule has 0 amide bonds. The maximum atomic E-state index is 17.0. The molecule has 3 fully saturated rings. The highest BCUT2D eigenvalue weighted by Crippen LogP contribution is 2.53. The van der Waals surface area contributed by atoms with Crippen molar-refractivity contribution in [2.24, 2.45) is 5.92 Å². The normalized spacial score (nSPS) is 27.6. The second-order valence-electron chi connectivity index (χ2n) is 24.7. The Bertz CT molecular complexity index is 3760. The molecule has 98 heavy (non-hydrogen) atoms. The number of halogens is 6. The van der Waals surface area contributed by atoms with Crippen LogP contribution in [0, 0.1) is 5.92 Å². The van der Waals surface area contributed by atoms with Crippen LogP contribution < -0.4 is 0 Å². The first-order valence-corrected chi connectivity index (χ1v) is 32.1. The maximum Gasteiger partial charge on any atom is 0.328 e. The van der Waals surface area contributed by atoms with Crippen molar-refractivity contribution in [2.45, 2.75) is 155 Å². The van der Waals surface area contributed by atoms with Crippen LogP contribution in [0.15, 0.2) is 224 Å². The van der Waals surface area contributed by atoms with Gasteiger partial charge in [0, 0.05) is 22.6 Å². The molecule has 0 bridgehead atoms. The smallest absolute Gasteiger partial charge is 0.328 e. The molecule has 8 aromatic rings. The summed E-state index contributed by atoms with van der Waals surface area (Å²) in [6.07, 6.45) is -18.2. The van der Waals surface area contributed by atoms with Crippen molar-refractivity contribution in [3.8, 4) is 0 Å². The van der Waals surface area contributed by atoms with Crippen molar-refractivity contribution in [3.63, 3.8) is 0 Å². The van der Waals surface area contributed by atoms with Crippen LogP contribution in [-0.2, 0) is 73.9 Å². The van der Waals surface area contributed by atoms with Gasteiger partial charge in [0.05, 0.1) is 38.6 Å². The van der Waals surface area contributed by atoms with E-state index >= 15 is 26.3 Å². The van der Waals surface area contributed by atoms with Crippen LogP contribution in [0.25, 0.3) is 0 Å². The molecule has 11 N–H and O–H groups in total. The summed E-state index contributed by atoms with van der Waals surface area (Å²) in [5.41, 5.74) is 3.41. The predicted octanol–water partition coefficient (Wildman–Crippen LogP) is 8.74. The highest BCUT2D eigenvalue weighted by atomic mass is 19.3. The van der Waals surface area contributed by atoms with Gasteiger partial charge in [0.15, 0.2) is 0 Å². The molecule has 3 aliphatic rings. The molecule has 0 aromatic heterocycles. The monoisotopic (exact) mass is 1360 g/mol. The fourth-order valence-corrected chi connectivity index (χ4v) is 12.6. The quantitative estimate of drug-likeness (QED) is 0.0283. The molecule has 3 heterocycles. The molecule has 0 aliphatic carbocycles. The van der Waals surface area contributed by atoms with Crippen molar-refractivity contribution >= 4 is 0 Å². The van der Waals surface area contributed by atoms with Crippen molar-refractivity contribution in [3.05, 3.63) is 286 Å². The summed E-state index contributed by atoms with van der Waals surface area (Å²) in [7, 11) is 0. The summed E-state index contributed by atoms with van der Waals surface area (Å²) in [5, 5.41) is 111. The van der Waals surface area contributed by atoms with Gasteiger partial charge in [-0.1, -0.05) is 238 Å². The van der Waals surface area contributed by atoms with Crippen molar-refractivity contribution in [2.75, 3.05) is 13.2 Å². The molecule has 8 aromatic carbocycles. The molecule has 0 spiro atoms. The minimum absolute atomic E-state index is 0.00757. The largest absolute Gasteiger partial charge is 0.394 e. The van der Waals surface area contributed by atoms with Gasteiger partial charge in [-0.25, -0.2) is 0 Å². The van der Waals surface area contributed by atoms with Crippen molar-refractivity contribution in [1.29, 1.82) is 0 Å². The Morgan fingerprint density at radius 1 is 0.418 bits per heavy atom. The average molecular weight is 1370 g/mol. The molecule has 2 unspecified atom stereocenters. The fourth-order valence-electron chi connectivity index (χ4n) is 12.6. The molecule has 3 saturated heterocycles. The van der Waals surface area contributed by atoms with E-state index in [-0.39, 0.29) is 55.1 Å². The van der Waals surface area contributed by atoms with Crippen LogP contribution in [0.1, 0.15) is 81.5 Å². The molecule has 0 radical (unpaired) electrons. The lowest BCUT2D eigenvalue weighted by molar-refractivity contribution is -0.419. The van der Waals surface area contributed by atoms with Gasteiger partial charge in [0.2, 0.25) is 0 Å². The van der Waals surface area contributed by atoms with E-state index < -0.39 is 127 Å². The minimum Gasteiger partial charge on any atom is -0.394 e. The van der Waals surface area contributed by atoms with Gasteiger partial charge in [-0.2, -0.15) is 26.3 Å². The average Bonchev–Trinajstić information content (AvgIpc) is 0.980. The summed E-state index contributed by atoms with van der Waals surface area (Å²) in [5.74, 6) is -22.5. The number of benzene rings is 8. The van der Waals surface area contributed by atoms with Crippen LogP contribution in [0.2, 0.25) is 0 Å². The summed E-state index contributed by atoms with van der Waals surface area (Å²) < 4.78 is 124. The van der Waals surface area contributed by atoms with Crippen LogP contribution in [0.5, 0.6) is 0 Å². The van der Waals surface area contributed by atoms with Gasteiger partial charge in [0.1, 0.15) is 54.9 Å². The summed E-state index contributed by atoms with van der Waals surface area (Å²) in [4.78, 5) is 0. The third-order valence-electron chi connectivity index (χ3n) is 18.1. The van der Waals surface area contributed by atoms with Gasteiger partial charge in [0.25, 0.3) is 17.4 Å². The Morgan fingerprint density at radius 2 is 0.745 bits per heavy atom. The molecular weight excluding hydrogens is 1280 g/mol. The van der Waals surface area contributed by atoms with E-state index in [2.05, 4.69) is 0 Å². The number of alkyl halides is 6. The van der Waals surface area contributed by atoms with Gasteiger partial charge in [-0.3, -0.25) is 0 Å². The van der Waals surface area contributed by atoms with Crippen molar-refractivity contribution in [1.82, 2.24) is 0 Å². The zero-order valence-corrected chi connectivity index (χ0v) is 53.7. The zero-order valence-electron chi connectivity index (χ0n) is 53.7. The van der Waals surface area contributed by atoms with E-state index in [0.717, 1.165) is 39.9 Å². The van der Waals surface area contributed by atoms with Crippen LogP contribution >= 0.6 is 0 Å². The first-order valence-electron chi connectivity index (χ1n) is 32.1. The Morgan fingerprint density at radius 3 is 1.12 bits per heavy atom. The number of ether oxygens (including phenoxy) is 5. The SMILES string of the molecule is CC[C@H]1O[C@@](O)(C(F)(F)c2ccccc2Cc2ccccc2)[C@H](OCc2ccccc2)[C@@H](OCc2ccccc2)[C@@H]1C.OC[C@H](O)C1OC(O)(C(F)(F)c2ccccc2Cc2ccccc2)[C@H](O)[C@H]1O.OC[C@H]1O[C@@](O)(C(F)(F)c2ccccc2Cc2ccccc2)[C@H](O)[C@@H](O)[C@@H]1O. The van der Waals surface area contributed by atoms with Crippen LogP contribution in [0.3, 0.4) is 0 Å². The van der Waals surface area contributed by atoms with Crippen molar-refractivity contribution < 1.29 is 106 Å². The number of rotatable bonds is 22. The van der Waals surface area contributed by atoms with Crippen LogP contribution in [-0.4, -0.2) is 154 Å². The third kappa shape index (κ3) is 15.8. The maximum absolute atomic E-state index is 17.0. The third-order valence-corrected chi connectivity index (χ3v) is 18.1. The first-order chi connectivity index (χ1) is 46.8. The molecule has 11 rings (SSSR count). The molecule has 0 saturated carbocycles. The van der Waals surface area contributed by atoms with Gasteiger partial charge < -0.3 is 79.9 Å². The van der Waals surface area contributed by atoms with Crippen LogP contribution in [0.4, 0.5) is 26.3 Å². The number of aliphatic hydroxyl groups excluding tert-OH is 8. The summed E-state index contributed by atoms with van der Waals surface area (Å²) >= 11 is 0. The predicted molar refractivity (Wildman–Crippen MR) is 348 cm³/mol. The lowest BCUT2D eigenvalue weighted by atomic mass is 9.80. The number of aliphatic hydroxyl groups is 11. The molecule has 22 heteroatoms. The van der Waals surface area contributed by atoms with Gasteiger partial charge in [-0.15, -0.1) is 0 Å². The standard InChI is InChI=1S/C36H38F2O4.2C20H22F2O6/c1-3-32-26(2)33(40-24-28-17-9-5-10-18-28)34(41-25-29-19-11-6-12-20-29)36(39,42-32)35(37,38)31-22-14-13-21-30(31)23-27-15-7-4-8-16-27;21-19(22,20(27)18(26)16(25)17(28-20)15(24)11-23)14-9-5-4-8-13(14)10-12-6-2-1-3-7-12;21-19(22,20(27)18(26)17(25)16(24)15(11-23)28-20)14-9-5-4-8-13(14)10-12-6-2-1-3-7-12/h4-22,26,32-34,39H,3,23-25H2,1-2H3;2*1-9,15-18,23-27H,10-11H2/t26-,32-,33+,34-,36-;15-,16-,17?,18+,20?;15-,16-,17+,18-,20-/m101/s1. The summed E-state index contributed by atoms with van der Waals surface area (Å²) in [6.45, 7) is 2.12. The Hall–Kier alpha value is -7.30. The Labute approximate surface area is 563 Å². The fraction of sp³-hybridized carbons (Fsp3) is 0.368. The number of hydrogen-bond acceptors (Lipinski definition) is 16. The highest BCUT2D eigenvalue weighted by molar-refractivity contribution is 5.41. The summed E-state index contributed by atoms with van der Waals surface area (Å²) in [6, 6.07) is 63.3. The Balaban J connectivity index is 0.000000178. The highest BCUT2D eigenvalue weighted by Gasteiger charge is 2.70. The second kappa shape index (κ2) is 32.4. The molecule has 524 valence electrons. The van der Waals surface area contributed by atoms with E-state index in [1.807, 2.05) is 105 Å².